The number of carbonyl (C=O) groups excluding carboxylic acids is 1. The molecular formula is C20H32N4O2. The quantitative estimate of drug-likeness (QED) is 0.810. The van der Waals surface area contributed by atoms with Gasteiger partial charge in [0.2, 0.25) is 5.91 Å². The Bertz CT molecular complexity index is 568. The number of rotatable bonds is 6. The number of likely N-dealkylation sites (N-methyl/N-ethyl adjacent to an activating group) is 1. The summed E-state index contributed by atoms with van der Waals surface area (Å²) in [5.41, 5.74) is 1.15. The van der Waals surface area contributed by atoms with E-state index in [9.17, 15) is 9.90 Å². The number of likely N-dealkylation sites (tertiary alicyclic amines) is 1. The average molecular weight is 361 g/mol. The van der Waals surface area contributed by atoms with Gasteiger partial charge < -0.3 is 19.8 Å². The van der Waals surface area contributed by atoms with E-state index in [-0.39, 0.29) is 18.4 Å². The van der Waals surface area contributed by atoms with Gasteiger partial charge in [-0.25, -0.2) is 0 Å². The van der Waals surface area contributed by atoms with Crippen molar-refractivity contribution in [3.05, 3.63) is 30.1 Å². The summed E-state index contributed by atoms with van der Waals surface area (Å²) < 4.78 is 0. The van der Waals surface area contributed by atoms with Crippen LogP contribution in [-0.2, 0) is 11.2 Å². The lowest BCUT2D eigenvalue weighted by Crippen LogP contribution is -2.36. The van der Waals surface area contributed by atoms with Crippen LogP contribution < -0.4 is 0 Å². The van der Waals surface area contributed by atoms with E-state index < -0.39 is 0 Å². The SMILES string of the molecule is CN1CCCN(C[C@@H]2CN(C(=O)CCc3ccncc3)C[C@@H]2CO)CC1. The Balaban J connectivity index is 1.50. The van der Waals surface area contributed by atoms with Crippen LogP contribution in [0.1, 0.15) is 18.4 Å². The minimum absolute atomic E-state index is 0.173. The summed E-state index contributed by atoms with van der Waals surface area (Å²) in [6, 6.07) is 3.93. The van der Waals surface area contributed by atoms with Crippen molar-refractivity contribution in [3.63, 3.8) is 0 Å². The topological polar surface area (TPSA) is 59.9 Å². The third-order valence-corrected chi connectivity index (χ3v) is 5.85. The molecule has 6 nitrogen and oxygen atoms in total. The highest BCUT2D eigenvalue weighted by Gasteiger charge is 2.35. The lowest BCUT2D eigenvalue weighted by Gasteiger charge is -2.26. The fraction of sp³-hybridized carbons (Fsp3) is 0.700. The number of amides is 1. The summed E-state index contributed by atoms with van der Waals surface area (Å²) in [5.74, 6) is 0.799. The van der Waals surface area contributed by atoms with E-state index in [0.29, 0.717) is 18.9 Å². The first-order valence-corrected chi connectivity index (χ1v) is 9.84. The van der Waals surface area contributed by atoms with Gasteiger partial charge in [-0.15, -0.1) is 0 Å². The highest BCUT2D eigenvalue weighted by molar-refractivity contribution is 5.76. The average Bonchev–Trinajstić information content (AvgIpc) is 2.96. The molecule has 1 aromatic heterocycles. The van der Waals surface area contributed by atoms with Crippen molar-refractivity contribution >= 4 is 5.91 Å². The molecule has 0 unspecified atom stereocenters. The highest BCUT2D eigenvalue weighted by atomic mass is 16.3. The Labute approximate surface area is 156 Å². The molecule has 2 saturated heterocycles. The van der Waals surface area contributed by atoms with Gasteiger partial charge in [-0.2, -0.15) is 0 Å². The molecule has 0 aromatic carbocycles. The van der Waals surface area contributed by atoms with Crippen molar-refractivity contribution in [2.24, 2.45) is 11.8 Å². The second kappa shape index (κ2) is 9.44. The van der Waals surface area contributed by atoms with Crippen LogP contribution in [0.3, 0.4) is 0 Å². The van der Waals surface area contributed by atoms with Gasteiger partial charge in [0, 0.05) is 64.1 Å². The number of pyridine rings is 1. The second-order valence-electron chi connectivity index (χ2n) is 7.81. The van der Waals surface area contributed by atoms with Crippen LogP contribution in [0.4, 0.5) is 0 Å². The minimum Gasteiger partial charge on any atom is -0.396 e. The maximum absolute atomic E-state index is 12.6. The fourth-order valence-corrected chi connectivity index (χ4v) is 4.13. The maximum Gasteiger partial charge on any atom is 0.222 e. The number of aromatic nitrogens is 1. The minimum atomic E-state index is 0.173. The molecular weight excluding hydrogens is 328 g/mol. The van der Waals surface area contributed by atoms with Crippen molar-refractivity contribution in [2.75, 3.05) is 59.5 Å². The molecule has 3 heterocycles. The Hall–Kier alpha value is -1.50. The summed E-state index contributed by atoms with van der Waals surface area (Å²) in [7, 11) is 2.18. The summed E-state index contributed by atoms with van der Waals surface area (Å²) in [4.78, 5) is 23.5. The van der Waals surface area contributed by atoms with Crippen LogP contribution in [-0.4, -0.2) is 90.2 Å². The molecule has 1 N–H and O–H groups in total. The molecule has 0 aliphatic carbocycles. The van der Waals surface area contributed by atoms with Crippen molar-refractivity contribution in [3.8, 4) is 0 Å². The largest absolute Gasteiger partial charge is 0.396 e. The normalized spacial score (nSPS) is 25.4. The predicted octanol–water partition coefficient (Wildman–Crippen LogP) is 0.719. The van der Waals surface area contributed by atoms with Gasteiger partial charge in [-0.05, 0) is 56.6 Å². The molecule has 6 heteroatoms. The molecule has 1 aromatic rings. The Morgan fingerprint density at radius 1 is 1.15 bits per heavy atom. The standard InChI is InChI=1S/C20H32N4O2/c1-22-9-2-10-23(12-11-22)13-18-14-24(15-19(18)16-25)20(26)4-3-17-5-7-21-8-6-17/h5-8,18-19,25H,2-4,9-16H2,1H3/t18-,19-/m1/s1. The molecule has 0 spiro atoms. The van der Waals surface area contributed by atoms with E-state index in [1.54, 1.807) is 12.4 Å². The van der Waals surface area contributed by atoms with Gasteiger partial charge >= 0.3 is 0 Å². The number of carbonyl (C=O) groups is 1. The number of aliphatic hydroxyl groups excluding tert-OH is 1. The first kappa shape index (κ1) is 19.3. The van der Waals surface area contributed by atoms with Crippen LogP contribution in [0, 0.1) is 11.8 Å². The molecule has 0 bridgehead atoms. The summed E-state index contributed by atoms with van der Waals surface area (Å²) in [5, 5.41) is 9.80. The molecule has 2 fully saturated rings. The van der Waals surface area contributed by atoms with Crippen LogP contribution in [0.15, 0.2) is 24.5 Å². The van der Waals surface area contributed by atoms with E-state index in [1.807, 2.05) is 17.0 Å². The van der Waals surface area contributed by atoms with Gasteiger partial charge in [0.25, 0.3) is 0 Å². The highest BCUT2D eigenvalue weighted by Crippen LogP contribution is 2.25. The fourth-order valence-electron chi connectivity index (χ4n) is 4.13. The second-order valence-corrected chi connectivity index (χ2v) is 7.81. The zero-order chi connectivity index (χ0) is 18.4. The Morgan fingerprint density at radius 2 is 1.92 bits per heavy atom. The van der Waals surface area contributed by atoms with E-state index in [2.05, 4.69) is 21.8 Å². The monoisotopic (exact) mass is 360 g/mol. The van der Waals surface area contributed by atoms with Crippen LogP contribution in [0.2, 0.25) is 0 Å². The number of hydrogen-bond donors (Lipinski definition) is 1. The molecule has 1 amide bonds. The van der Waals surface area contributed by atoms with Gasteiger partial charge in [0.15, 0.2) is 0 Å². The van der Waals surface area contributed by atoms with Crippen LogP contribution in [0.5, 0.6) is 0 Å². The zero-order valence-electron chi connectivity index (χ0n) is 15.9. The summed E-state index contributed by atoms with van der Waals surface area (Å²) >= 11 is 0. The van der Waals surface area contributed by atoms with Crippen molar-refractivity contribution in [1.29, 1.82) is 0 Å². The van der Waals surface area contributed by atoms with Crippen LogP contribution in [0.25, 0.3) is 0 Å². The molecule has 3 rings (SSSR count). The smallest absolute Gasteiger partial charge is 0.222 e. The lowest BCUT2D eigenvalue weighted by atomic mass is 9.96. The molecule has 0 saturated carbocycles. The van der Waals surface area contributed by atoms with Gasteiger partial charge in [-0.3, -0.25) is 9.78 Å². The van der Waals surface area contributed by atoms with Crippen molar-refractivity contribution in [2.45, 2.75) is 19.3 Å². The van der Waals surface area contributed by atoms with Crippen molar-refractivity contribution < 1.29 is 9.90 Å². The van der Waals surface area contributed by atoms with Crippen molar-refractivity contribution in [1.82, 2.24) is 19.7 Å². The first-order valence-electron chi connectivity index (χ1n) is 9.84. The number of nitrogens with zero attached hydrogens (tertiary/aromatic N) is 4. The van der Waals surface area contributed by atoms with E-state index in [4.69, 9.17) is 0 Å². The first-order chi connectivity index (χ1) is 12.7. The summed E-state index contributed by atoms with van der Waals surface area (Å²) in [6.07, 6.45) is 6.02. The molecule has 2 atom stereocenters. The van der Waals surface area contributed by atoms with E-state index in [0.717, 1.165) is 51.3 Å². The third-order valence-electron chi connectivity index (χ3n) is 5.85. The van der Waals surface area contributed by atoms with Gasteiger partial charge in [-0.1, -0.05) is 0 Å². The molecule has 0 radical (unpaired) electrons. The Kier molecular flexibility index (Phi) is 7.00. The maximum atomic E-state index is 12.6. The number of aryl methyl sites for hydroxylation is 1. The lowest BCUT2D eigenvalue weighted by molar-refractivity contribution is -0.130. The van der Waals surface area contributed by atoms with Gasteiger partial charge in [0.05, 0.1) is 0 Å². The molecule has 144 valence electrons. The van der Waals surface area contributed by atoms with E-state index >= 15 is 0 Å². The van der Waals surface area contributed by atoms with Gasteiger partial charge in [0.1, 0.15) is 0 Å². The molecule has 2 aliphatic heterocycles. The molecule has 2 aliphatic rings. The predicted molar refractivity (Wildman–Crippen MR) is 102 cm³/mol. The summed E-state index contributed by atoms with van der Waals surface area (Å²) in [6.45, 7) is 7.11. The molecule has 26 heavy (non-hydrogen) atoms. The van der Waals surface area contributed by atoms with Crippen LogP contribution >= 0.6 is 0 Å². The van der Waals surface area contributed by atoms with E-state index in [1.165, 1.54) is 6.42 Å². The Morgan fingerprint density at radius 3 is 2.69 bits per heavy atom. The zero-order valence-corrected chi connectivity index (χ0v) is 15.9. The number of hydrogen-bond acceptors (Lipinski definition) is 5. The number of aliphatic hydroxyl groups is 1. The third kappa shape index (κ3) is 5.25.